The molecule has 4 rings (SSSR count). The molecule has 3 saturated carbocycles. The predicted molar refractivity (Wildman–Crippen MR) is 140 cm³/mol. The van der Waals surface area contributed by atoms with Gasteiger partial charge in [-0.05, 0) is 69.2 Å². The van der Waals surface area contributed by atoms with Crippen LogP contribution in [0.25, 0.3) is 0 Å². The maximum absolute atomic E-state index is 13.3. The second kappa shape index (κ2) is 11.4. The molecule has 9 heteroatoms. The third-order valence-electron chi connectivity index (χ3n) is 9.72. The number of carbonyl (C=O) groups excluding carboxylic acids is 3. The number of Topliss-reactive ketones (excluding diaryl/α,β-unsaturated/α-hetero) is 1. The molecule has 3 fully saturated rings. The number of carboxylic acid groups (broad SMARTS) is 1. The minimum absolute atomic E-state index is 0.00237. The van der Waals surface area contributed by atoms with Crippen molar-refractivity contribution in [2.75, 3.05) is 26.2 Å². The third-order valence-corrected chi connectivity index (χ3v) is 9.72. The molecule has 4 aliphatic carbocycles. The van der Waals surface area contributed by atoms with Crippen LogP contribution in [-0.2, 0) is 23.9 Å². The van der Waals surface area contributed by atoms with Crippen molar-refractivity contribution in [3.8, 4) is 0 Å². The van der Waals surface area contributed by atoms with Crippen LogP contribution < -0.4 is 0 Å². The zero-order valence-electron chi connectivity index (χ0n) is 23.2. The second-order valence-corrected chi connectivity index (χ2v) is 11.7. The molecule has 4 aliphatic rings. The van der Waals surface area contributed by atoms with Crippen LogP contribution in [0.1, 0.15) is 66.7 Å². The normalized spacial score (nSPS) is 37.3. The number of hydrogen-bond donors (Lipinski definition) is 3. The molecule has 0 spiro atoms. The zero-order valence-corrected chi connectivity index (χ0v) is 23.2. The summed E-state index contributed by atoms with van der Waals surface area (Å²) < 4.78 is 5.27. The van der Waals surface area contributed by atoms with E-state index < -0.39 is 41.4 Å². The Morgan fingerprint density at radius 3 is 2.39 bits per heavy atom. The van der Waals surface area contributed by atoms with Gasteiger partial charge in [-0.25, -0.2) is 0 Å². The highest BCUT2D eigenvalue weighted by molar-refractivity contribution is 6.01. The molecule has 0 unspecified atom stereocenters. The van der Waals surface area contributed by atoms with Crippen molar-refractivity contribution in [3.63, 3.8) is 0 Å². The summed E-state index contributed by atoms with van der Waals surface area (Å²) in [6, 6.07) is 0. The summed E-state index contributed by atoms with van der Waals surface area (Å²) in [5, 5.41) is 30.5. The molecule has 0 radical (unpaired) electrons. The Labute approximate surface area is 224 Å². The van der Waals surface area contributed by atoms with Crippen molar-refractivity contribution < 1.29 is 39.2 Å². The first kappa shape index (κ1) is 30.2. The average molecular weight is 534 g/mol. The topological polar surface area (TPSA) is 141 Å². The Morgan fingerprint density at radius 1 is 1.16 bits per heavy atom. The minimum atomic E-state index is -1.63. The van der Waals surface area contributed by atoms with Crippen LogP contribution in [0.15, 0.2) is 23.8 Å². The maximum Gasteiger partial charge on any atom is 0.320 e. The lowest BCUT2D eigenvalue weighted by Gasteiger charge is -2.59. The van der Waals surface area contributed by atoms with Gasteiger partial charge < -0.3 is 20.1 Å². The highest BCUT2D eigenvalue weighted by Gasteiger charge is 2.68. The standard InChI is InChI=1S/C27H39NO6.C2H4O2/c1-5-28(6-2)15-23(32)34-16-22(31)27(33)12-10-20-19-8-7-17-13-18(29)9-11-25(17,3)24(19)21(30)14-26(20,27)4;1-2(3)4/h9,11,13,19-21,24,30,33H,5-8,10,12,14-16H2,1-4H3;1H3,(H,3,4)/t19-,20-,21-,24+,25-,26-,27-;/m0./s1. The number of nitrogens with zero attached hydrogens (tertiary/aromatic N) is 1. The number of esters is 1. The first-order valence-corrected chi connectivity index (χ1v) is 13.7. The number of carbonyl (C=O) groups is 4. The number of aliphatic carboxylic acids is 1. The van der Waals surface area contributed by atoms with Gasteiger partial charge in [-0.3, -0.25) is 24.1 Å². The first-order valence-electron chi connectivity index (χ1n) is 13.7. The van der Waals surface area contributed by atoms with Gasteiger partial charge in [-0.1, -0.05) is 39.3 Å². The van der Waals surface area contributed by atoms with E-state index in [9.17, 15) is 24.6 Å². The van der Waals surface area contributed by atoms with E-state index >= 15 is 0 Å². The van der Waals surface area contributed by atoms with Gasteiger partial charge in [-0.15, -0.1) is 0 Å². The molecule has 0 aromatic rings. The first-order chi connectivity index (χ1) is 17.7. The molecule has 38 heavy (non-hydrogen) atoms. The van der Waals surface area contributed by atoms with Gasteiger partial charge in [0.25, 0.3) is 5.97 Å². The van der Waals surface area contributed by atoms with Crippen LogP contribution in [-0.4, -0.2) is 81.7 Å². The van der Waals surface area contributed by atoms with Crippen molar-refractivity contribution in [2.45, 2.75) is 78.4 Å². The molecule has 0 saturated heterocycles. The summed E-state index contributed by atoms with van der Waals surface area (Å²) in [5.74, 6) is -1.62. The van der Waals surface area contributed by atoms with Gasteiger partial charge in [0.1, 0.15) is 5.60 Å². The van der Waals surface area contributed by atoms with Crippen LogP contribution in [0.2, 0.25) is 0 Å². The minimum Gasteiger partial charge on any atom is -0.481 e. The fraction of sp³-hybridized carbons (Fsp3) is 0.724. The number of aliphatic hydroxyl groups excluding tert-OH is 1. The van der Waals surface area contributed by atoms with Crippen molar-refractivity contribution >= 4 is 23.5 Å². The molecule has 9 nitrogen and oxygen atoms in total. The summed E-state index contributed by atoms with van der Waals surface area (Å²) in [6.45, 7) is 10.1. The second-order valence-electron chi connectivity index (χ2n) is 11.7. The average Bonchev–Trinajstić information content (AvgIpc) is 3.11. The van der Waals surface area contributed by atoms with Gasteiger partial charge in [0.05, 0.1) is 12.6 Å². The van der Waals surface area contributed by atoms with Crippen LogP contribution in [0.5, 0.6) is 0 Å². The molecule has 0 aliphatic heterocycles. The van der Waals surface area contributed by atoms with Gasteiger partial charge >= 0.3 is 5.97 Å². The summed E-state index contributed by atoms with van der Waals surface area (Å²) in [6.07, 6.45) is 7.48. The van der Waals surface area contributed by atoms with Crippen LogP contribution in [0, 0.1) is 28.6 Å². The van der Waals surface area contributed by atoms with Crippen LogP contribution in [0.4, 0.5) is 0 Å². The Bertz CT molecular complexity index is 1010. The summed E-state index contributed by atoms with van der Waals surface area (Å²) in [7, 11) is 0. The number of carboxylic acids is 1. The molecular formula is C29H43NO8. The van der Waals surface area contributed by atoms with Gasteiger partial charge in [0, 0.05) is 23.7 Å². The summed E-state index contributed by atoms with van der Waals surface area (Å²) in [4.78, 5) is 48.4. The molecule has 0 heterocycles. The van der Waals surface area contributed by atoms with Gasteiger partial charge in [-0.2, -0.15) is 0 Å². The van der Waals surface area contributed by atoms with Crippen molar-refractivity contribution in [3.05, 3.63) is 23.8 Å². The lowest BCUT2D eigenvalue weighted by molar-refractivity contribution is -0.181. The van der Waals surface area contributed by atoms with Crippen molar-refractivity contribution in [1.82, 2.24) is 4.90 Å². The lowest BCUT2D eigenvalue weighted by Crippen LogP contribution is -2.61. The van der Waals surface area contributed by atoms with Crippen LogP contribution in [0.3, 0.4) is 0 Å². The Hall–Kier alpha value is -2.36. The van der Waals surface area contributed by atoms with E-state index in [4.69, 9.17) is 14.6 Å². The Morgan fingerprint density at radius 2 is 1.79 bits per heavy atom. The number of fused-ring (bicyclic) bond motifs is 5. The molecular weight excluding hydrogens is 490 g/mol. The summed E-state index contributed by atoms with van der Waals surface area (Å²) >= 11 is 0. The molecule has 0 aromatic heterocycles. The molecule has 0 amide bonds. The lowest BCUT2D eigenvalue weighted by atomic mass is 9.46. The SMILES string of the molecule is CC(=O)O.CCN(CC)CC(=O)OCC(=O)[C@@]1(O)CC[C@H]2[C@@H]3CCC4=CC(=O)C=C[C@]4(C)[C@H]3[C@@H](O)C[C@@]21C. The van der Waals surface area contributed by atoms with E-state index in [2.05, 4.69) is 6.92 Å². The number of ether oxygens (including phenoxy) is 1. The number of rotatable bonds is 7. The largest absolute Gasteiger partial charge is 0.481 e. The fourth-order valence-electron chi connectivity index (χ4n) is 7.73. The number of allylic oxidation sites excluding steroid dienone is 4. The van der Waals surface area contributed by atoms with E-state index in [1.807, 2.05) is 31.7 Å². The van der Waals surface area contributed by atoms with Gasteiger partial charge in [0.15, 0.2) is 12.4 Å². The summed E-state index contributed by atoms with van der Waals surface area (Å²) in [5.41, 5.74) is -1.73. The molecule has 0 aromatic carbocycles. The highest BCUT2D eigenvalue weighted by Crippen LogP contribution is 2.67. The zero-order chi connectivity index (χ0) is 28.5. The van der Waals surface area contributed by atoms with Gasteiger partial charge in [0.2, 0.25) is 5.78 Å². The smallest absolute Gasteiger partial charge is 0.320 e. The third kappa shape index (κ3) is 5.38. The monoisotopic (exact) mass is 533 g/mol. The molecule has 0 bridgehead atoms. The highest BCUT2D eigenvalue weighted by atomic mass is 16.5. The molecule has 3 N–H and O–H groups in total. The van der Waals surface area contributed by atoms with E-state index in [0.29, 0.717) is 32.4 Å². The predicted octanol–water partition coefficient (Wildman–Crippen LogP) is 2.54. The quantitative estimate of drug-likeness (QED) is 0.421. The Balaban J connectivity index is 0.000000934. The molecule has 212 valence electrons. The van der Waals surface area contributed by atoms with E-state index in [1.165, 1.54) is 0 Å². The van der Waals surface area contributed by atoms with E-state index in [1.54, 1.807) is 12.2 Å². The number of likely N-dealkylation sites (N-methyl/N-ethyl adjacent to an activating group) is 1. The molecule has 7 atom stereocenters. The number of ketones is 2. The van der Waals surface area contributed by atoms with E-state index in [-0.39, 0.29) is 35.5 Å². The van der Waals surface area contributed by atoms with E-state index in [0.717, 1.165) is 25.3 Å². The fourth-order valence-corrected chi connectivity index (χ4v) is 7.73. The number of aliphatic hydroxyl groups is 2. The Kier molecular flexibility index (Phi) is 9.06. The van der Waals surface area contributed by atoms with Crippen LogP contribution >= 0.6 is 0 Å². The maximum atomic E-state index is 13.3. The van der Waals surface area contributed by atoms with Crippen molar-refractivity contribution in [1.29, 1.82) is 0 Å². The number of hydrogen-bond acceptors (Lipinski definition) is 8. The van der Waals surface area contributed by atoms with Crippen molar-refractivity contribution in [2.24, 2.45) is 28.6 Å².